The van der Waals surface area contributed by atoms with Crippen LogP contribution < -0.4 is 33.2 Å². The number of nitrogens with two attached hydrogens (primary N) is 3. The third-order valence-corrected chi connectivity index (χ3v) is 7.49. The highest BCUT2D eigenvalue weighted by Crippen LogP contribution is 2.36. The largest absolute Gasteiger partial charge is 0.481 e. The first-order valence-corrected chi connectivity index (χ1v) is 14.3. The minimum absolute atomic E-state index is 0.0795. The summed E-state index contributed by atoms with van der Waals surface area (Å²) in [6.45, 7) is 5.95. The zero-order chi connectivity index (χ0) is 29.9. The number of Topliss-reactive ketones (excluding diaryl/α,β-unsaturated/α-hetero) is 1. The van der Waals surface area contributed by atoms with E-state index < -0.39 is 53.5 Å². The van der Waals surface area contributed by atoms with Crippen LogP contribution in [0.25, 0.3) is 0 Å². The Balaban J connectivity index is 2.18. The van der Waals surface area contributed by atoms with E-state index in [0.29, 0.717) is 32.1 Å². The number of carbonyl (C=O) groups excluding carboxylic acids is 3. The fourth-order valence-corrected chi connectivity index (χ4v) is 5.40. The van der Waals surface area contributed by atoms with Crippen LogP contribution in [-0.2, 0) is 25.6 Å². The molecule has 40 heavy (non-hydrogen) atoms. The number of hydrogen-bond acceptors (Lipinski definition) is 8. The van der Waals surface area contributed by atoms with Crippen molar-refractivity contribution < 1.29 is 24.3 Å². The number of carbonyl (C=O) groups is 4. The lowest BCUT2D eigenvalue weighted by Crippen LogP contribution is -2.62. The van der Waals surface area contributed by atoms with Crippen molar-refractivity contribution in [3.05, 3.63) is 35.9 Å². The van der Waals surface area contributed by atoms with Crippen LogP contribution in [0.15, 0.2) is 30.3 Å². The molecule has 0 aliphatic carbocycles. The minimum Gasteiger partial charge on any atom is -0.481 e. The molecule has 10 N–H and O–H groups in total. The quantitative estimate of drug-likeness (QED) is 0.152. The molecule has 3 unspecified atom stereocenters. The van der Waals surface area contributed by atoms with Gasteiger partial charge in [-0.3, -0.25) is 24.5 Å². The summed E-state index contributed by atoms with van der Waals surface area (Å²) in [5.41, 5.74) is 18.4. The average molecular weight is 561 g/mol. The Labute approximate surface area is 237 Å². The molecule has 1 heterocycles. The number of nitrogens with one attached hydrogen (secondary N) is 3. The van der Waals surface area contributed by atoms with Crippen molar-refractivity contribution in [1.82, 2.24) is 16.0 Å². The topological polar surface area (TPSA) is 203 Å². The van der Waals surface area contributed by atoms with Gasteiger partial charge in [0.05, 0.1) is 30.7 Å². The van der Waals surface area contributed by atoms with E-state index in [1.54, 1.807) is 0 Å². The first kappa shape index (κ1) is 33.3. The van der Waals surface area contributed by atoms with Crippen molar-refractivity contribution in [2.45, 2.75) is 102 Å². The van der Waals surface area contributed by atoms with Gasteiger partial charge in [0.15, 0.2) is 5.78 Å². The van der Waals surface area contributed by atoms with Crippen molar-refractivity contribution in [2.24, 2.45) is 28.5 Å². The summed E-state index contributed by atoms with van der Waals surface area (Å²) in [7, 11) is 0. The average Bonchev–Trinajstić information content (AvgIpc) is 2.89. The van der Waals surface area contributed by atoms with Crippen molar-refractivity contribution in [3.8, 4) is 0 Å². The lowest BCUT2D eigenvalue weighted by molar-refractivity contribution is -0.141. The van der Waals surface area contributed by atoms with Gasteiger partial charge < -0.3 is 32.9 Å². The molecule has 0 spiro atoms. The predicted molar refractivity (Wildman–Crippen MR) is 154 cm³/mol. The van der Waals surface area contributed by atoms with Crippen LogP contribution >= 0.6 is 0 Å². The summed E-state index contributed by atoms with van der Waals surface area (Å²) in [6.07, 6.45) is 2.34. The molecule has 0 bridgehead atoms. The molecule has 1 aliphatic rings. The minimum atomic E-state index is -1.00. The highest BCUT2D eigenvalue weighted by Gasteiger charge is 2.44. The maximum Gasteiger partial charge on any atom is 0.303 e. The van der Waals surface area contributed by atoms with Gasteiger partial charge in [-0.05, 0) is 55.5 Å². The molecule has 1 saturated heterocycles. The standard InChI is InChI=1S/C29H48N6O5/c1-4-5-11-21(26(38)23-14-29(17-30,16-25(36)37)15-24(32)33-23)34-28(40)22(12-18(2)3)35-27(39)20(31)13-19-9-7-6-8-10-19/h6-10,18,20-24,33H,4-5,11-17,30-32H2,1-3H3,(H,34,40)(H,35,39)(H,36,37)/t20-,21-,22-,23?,24?,29?/m1/s1. The molecule has 11 heteroatoms. The number of unbranched alkanes of at least 4 members (excludes halogenated alkanes) is 1. The van der Waals surface area contributed by atoms with E-state index in [9.17, 15) is 24.3 Å². The Hall–Kier alpha value is -2.86. The number of benzene rings is 1. The monoisotopic (exact) mass is 560 g/mol. The first-order valence-electron chi connectivity index (χ1n) is 14.3. The fourth-order valence-electron chi connectivity index (χ4n) is 5.40. The predicted octanol–water partition coefficient (Wildman–Crippen LogP) is 0.788. The van der Waals surface area contributed by atoms with E-state index in [4.69, 9.17) is 17.2 Å². The number of piperidine rings is 1. The SMILES string of the molecule is CCCC[C@@H](NC(=O)[C@@H](CC(C)C)NC(=O)[C@H](N)Cc1ccccc1)C(=O)C1CC(CN)(CC(=O)O)CC(N)N1. The molecule has 1 aliphatic heterocycles. The van der Waals surface area contributed by atoms with E-state index in [1.165, 1.54) is 0 Å². The van der Waals surface area contributed by atoms with E-state index >= 15 is 0 Å². The van der Waals surface area contributed by atoms with Crippen LogP contribution in [0.1, 0.15) is 71.3 Å². The molecular weight excluding hydrogens is 512 g/mol. The summed E-state index contributed by atoms with van der Waals surface area (Å²) >= 11 is 0. The lowest BCUT2D eigenvalue weighted by atomic mass is 9.71. The molecule has 224 valence electrons. The Morgan fingerprint density at radius 1 is 1.07 bits per heavy atom. The second-order valence-corrected chi connectivity index (χ2v) is 11.6. The molecular formula is C29H48N6O5. The van der Waals surface area contributed by atoms with Crippen molar-refractivity contribution >= 4 is 23.6 Å². The summed E-state index contributed by atoms with van der Waals surface area (Å²) in [5.74, 6) is -2.08. The molecule has 2 amide bonds. The maximum absolute atomic E-state index is 13.7. The normalized spacial score (nSPS) is 23.2. The van der Waals surface area contributed by atoms with Gasteiger partial charge in [0, 0.05) is 0 Å². The second-order valence-electron chi connectivity index (χ2n) is 11.6. The molecule has 2 rings (SSSR count). The van der Waals surface area contributed by atoms with Gasteiger partial charge >= 0.3 is 5.97 Å². The number of carboxylic acids is 1. The molecule has 1 aromatic rings. The molecule has 1 fully saturated rings. The summed E-state index contributed by atoms with van der Waals surface area (Å²) in [4.78, 5) is 51.7. The number of amides is 2. The smallest absolute Gasteiger partial charge is 0.303 e. The number of aliphatic carboxylic acids is 1. The third-order valence-electron chi connectivity index (χ3n) is 7.49. The molecule has 0 saturated carbocycles. The summed E-state index contributed by atoms with van der Waals surface area (Å²) in [6, 6.07) is 6.09. The molecule has 11 nitrogen and oxygen atoms in total. The number of ketones is 1. The zero-order valence-corrected chi connectivity index (χ0v) is 24.0. The van der Waals surface area contributed by atoms with Crippen molar-refractivity contribution in [3.63, 3.8) is 0 Å². The van der Waals surface area contributed by atoms with Gasteiger partial charge in [0.1, 0.15) is 6.04 Å². The van der Waals surface area contributed by atoms with Gasteiger partial charge in [-0.15, -0.1) is 0 Å². The Morgan fingerprint density at radius 2 is 1.73 bits per heavy atom. The molecule has 0 radical (unpaired) electrons. The van der Waals surface area contributed by atoms with E-state index in [0.717, 1.165) is 12.0 Å². The van der Waals surface area contributed by atoms with Crippen LogP contribution in [-0.4, -0.2) is 65.6 Å². The summed E-state index contributed by atoms with van der Waals surface area (Å²) < 4.78 is 0. The highest BCUT2D eigenvalue weighted by molar-refractivity contribution is 5.95. The Morgan fingerprint density at radius 3 is 2.30 bits per heavy atom. The molecule has 1 aromatic carbocycles. The third kappa shape index (κ3) is 10.3. The Kier molecular flexibility index (Phi) is 13.2. The van der Waals surface area contributed by atoms with Crippen LogP contribution in [0, 0.1) is 11.3 Å². The van der Waals surface area contributed by atoms with E-state index in [2.05, 4.69) is 16.0 Å². The van der Waals surface area contributed by atoms with Crippen LogP contribution in [0.4, 0.5) is 0 Å². The summed E-state index contributed by atoms with van der Waals surface area (Å²) in [5, 5.41) is 18.2. The van der Waals surface area contributed by atoms with Crippen LogP contribution in [0.3, 0.4) is 0 Å². The lowest BCUT2D eigenvalue weighted by Gasteiger charge is -2.43. The van der Waals surface area contributed by atoms with E-state index in [-0.39, 0.29) is 31.1 Å². The first-order chi connectivity index (χ1) is 18.9. The Bertz CT molecular complexity index is 990. The zero-order valence-electron chi connectivity index (χ0n) is 24.0. The number of hydrogen-bond donors (Lipinski definition) is 7. The number of rotatable bonds is 16. The van der Waals surface area contributed by atoms with Gasteiger partial charge in [-0.25, -0.2) is 0 Å². The van der Waals surface area contributed by atoms with Gasteiger partial charge in [0.25, 0.3) is 0 Å². The van der Waals surface area contributed by atoms with Crippen molar-refractivity contribution in [1.29, 1.82) is 0 Å². The fraction of sp³-hybridized carbons (Fsp3) is 0.655. The van der Waals surface area contributed by atoms with Gasteiger partial charge in [-0.1, -0.05) is 63.9 Å². The van der Waals surface area contributed by atoms with Crippen molar-refractivity contribution in [2.75, 3.05) is 6.54 Å². The van der Waals surface area contributed by atoms with Gasteiger partial charge in [-0.2, -0.15) is 0 Å². The molecule has 0 aromatic heterocycles. The maximum atomic E-state index is 13.7. The highest BCUT2D eigenvalue weighted by atomic mass is 16.4. The van der Waals surface area contributed by atoms with Crippen LogP contribution in [0.2, 0.25) is 0 Å². The van der Waals surface area contributed by atoms with Crippen LogP contribution in [0.5, 0.6) is 0 Å². The van der Waals surface area contributed by atoms with Gasteiger partial charge in [0.2, 0.25) is 11.8 Å². The number of carboxylic acid groups (broad SMARTS) is 1. The second kappa shape index (κ2) is 15.8. The van der Waals surface area contributed by atoms with E-state index in [1.807, 2.05) is 51.1 Å². The molecule has 6 atom stereocenters.